The molecule has 34 heavy (non-hydrogen) atoms. The van der Waals surface area contributed by atoms with Gasteiger partial charge in [0.25, 0.3) is 23.4 Å². The minimum Gasteiger partial charge on any atom is -0.292 e. The lowest BCUT2D eigenvalue weighted by atomic mass is 9.76. The lowest BCUT2D eigenvalue weighted by Gasteiger charge is -2.34. The Balaban J connectivity index is 1.74. The van der Waals surface area contributed by atoms with E-state index in [9.17, 15) is 29.3 Å². The molecule has 1 aliphatic carbocycles. The van der Waals surface area contributed by atoms with Crippen molar-refractivity contribution >= 4 is 29.2 Å². The Labute approximate surface area is 196 Å². The normalized spacial score (nSPS) is 22.8. The van der Waals surface area contributed by atoms with Gasteiger partial charge in [-0.3, -0.25) is 29.3 Å². The molecule has 1 aliphatic heterocycles. The number of non-ortho nitro benzene ring substituents is 1. The highest BCUT2D eigenvalue weighted by atomic mass is 16.6. The number of Topliss-reactive ketones (excluding diaryl/α,β-unsaturated/α-hetero) is 1. The Hall–Kier alpha value is -3.88. The number of nitrogens with zero attached hydrogens (tertiary/aromatic N) is 3. The third-order valence-electron chi connectivity index (χ3n) is 6.72. The maximum Gasteiger partial charge on any atom is 0.273 e. The van der Waals surface area contributed by atoms with Crippen molar-refractivity contribution in [2.45, 2.75) is 39.2 Å². The highest BCUT2D eigenvalue weighted by molar-refractivity contribution is 6.10. The van der Waals surface area contributed by atoms with Crippen LogP contribution in [0.4, 0.5) is 5.69 Å². The van der Waals surface area contributed by atoms with Crippen LogP contribution in [0.5, 0.6) is 0 Å². The van der Waals surface area contributed by atoms with Crippen LogP contribution in [0.3, 0.4) is 0 Å². The lowest BCUT2D eigenvalue weighted by Crippen LogP contribution is -2.56. The van der Waals surface area contributed by atoms with E-state index in [0.29, 0.717) is 18.4 Å². The van der Waals surface area contributed by atoms with Gasteiger partial charge in [0.15, 0.2) is 5.78 Å². The highest BCUT2D eigenvalue weighted by Crippen LogP contribution is 2.41. The van der Waals surface area contributed by atoms with Crippen molar-refractivity contribution in [3.63, 3.8) is 0 Å². The van der Waals surface area contributed by atoms with Gasteiger partial charge in [-0.2, -0.15) is 5.01 Å². The molecule has 0 bridgehead atoms. The maximum absolute atomic E-state index is 13.6. The summed E-state index contributed by atoms with van der Waals surface area (Å²) in [6.45, 7) is 3.50. The molecule has 2 fully saturated rings. The fraction of sp³-hybridized carbons (Fsp3) is 0.360. The van der Waals surface area contributed by atoms with E-state index in [1.807, 2.05) is 6.92 Å². The van der Waals surface area contributed by atoms with E-state index in [-0.39, 0.29) is 17.2 Å². The van der Waals surface area contributed by atoms with Crippen molar-refractivity contribution in [2.24, 2.45) is 17.8 Å². The SMILES string of the molecule is C[C@@H]1CC[C@@H]2C(=O)N(N(C(=O)c3ccc([N+](=O)[O-])cc3)[C@H](C)C(=O)c3ccccc3)C(=O)[C@@H]2C1. The number of carbonyl (C=O) groups excluding carboxylic acids is 4. The topological polar surface area (TPSA) is 118 Å². The molecule has 9 nitrogen and oxygen atoms in total. The molecule has 0 spiro atoms. The molecule has 0 aromatic heterocycles. The number of fused-ring (bicyclic) bond motifs is 1. The van der Waals surface area contributed by atoms with Crippen LogP contribution in [0.15, 0.2) is 54.6 Å². The Kier molecular flexibility index (Phi) is 6.28. The summed E-state index contributed by atoms with van der Waals surface area (Å²) in [5, 5.41) is 12.8. The van der Waals surface area contributed by atoms with Gasteiger partial charge in [0, 0.05) is 23.3 Å². The summed E-state index contributed by atoms with van der Waals surface area (Å²) in [4.78, 5) is 64.0. The summed E-state index contributed by atoms with van der Waals surface area (Å²) in [6, 6.07) is 12.0. The molecule has 1 saturated carbocycles. The highest BCUT2D eigenvalue weighted by Gasteiger charge is 2.54. The molecule has 0 unspecified atom stereocenters. The predicted molar refractivity (Wildman–Crippen MR) is 121 cm³/mol. The molecular formula is C25H25N3O6. The van der Waals surface area contributed by atoms with Gasteiger partial charge >= 0.3 is 0 Å². The second-order valence-corrected chi connectivity index (χ2v) is 8.98. The molecule has 2 aliphatic rings. The molecule has 1 heterocycles. The summed E-state index contributed by atoms with van der Waals surface area (Å²) in [6.07, 6.45) is 1.91. The van der Waals surface area contributed by atoms with Gasteiger partial charge in [0.1, 0.15) is 6.04 Å². The number of benzene rings is 2. The molecule has 0 radical (unpaired) electrons. The van der Waals surface area contributed by atoms with Gasteiger partial charge in [-0.05, 0) is 44.2 Å². The van der Waals surface area contributed by atoms with E-state index in [2.05, 4.69) is 0 Å². The number of nitro benzene ring substituents is 1. The first kappa shape index (κ1) is 23.3. The molecular weight excluding hydrogens is 438 g/mol. The third kappa shape index (κ3) is 4.09. The predicted octanol–water partition coefficient (Wildman–Crippen LogP) is 3.64. The van der Waals surface area contributed by atoms with Crippen molar-refractivity contribution in [1.29, 1.82) is 0 Å². The molecule has 3 amide bonds. The number of imide groups is 1. The molecule has 2 aromatic carbocycles. The maximum atomic E-state index is 13.6. The van der Waals surface area contributed by atoms with Gasteiger partial charge in [-0.1, -0.05) is 37.3 Å². The van der Waals surface area contributed by atoms with Gasteiger partial charge in [-0.15, -0.1) is 0 Å². The van der Waals surface area contributed by atoms with Gasteiger partial charge < -0.3 is 0 Å². The number of carbonyl (C=O) groups is 4. The van der Waals surface area contributed by atoms with Crippen molar-refractivity contribution in [3.05, 3.63) is 75.8 Å². The van der Waals surface area contributed by atoms with Crippen LogP contribution in [0.2, 0.25) is 0 Å². The fourth-order valence-electron chi connectivity index (χ4n) is 4.84. The van der Waals surface area contributed by atoms with E-state index in [1.54, 1.807) is 30.3 Å². The number of ketones is 1. The summed E-state index contributed by atoms with van der Waals surface area (Å²) in [5.41, 5.74) is 0.161. The van der Waals surface area contributed by atoms with Crippen molar-refractivity contribution in [3.8, 4) is 0 Å². The summed E-state index contributed by atoms with van der Waals surface area (Å²) < 4.78 is 0. The zero-order chi connectivity index (χ0) is 24.6. The van der Waals surface area contributed by atoms with Crippen LogP contribution in [-0.4, -0.2) is 44.5 Å². The number of rotatable bonds is 6. The van der Waals surface area contributed by atoms with Crippen LogP contribution in [-0.2, 0) is 9.59 Å². The molecule has 4 atom stereocenters. The second kappa shape index (κ2) is 9.17. The molecule has 9 heteroatoms. The first-order valence-electron chi connectivity index (χ1n) is 11.3. The molecule has 0 N–H and O–H groups in total. The van der Waals surface area contributed by atoms with E-state index in [1.165, 1.54) is 31.2 Å². The van der Waals surface area contributed by atoms with E-state index in [4.69, 9.17) is 0 Å². The number of nitro groups is 1. The lowest BCUT2D eigenvalue weighted by molar-refractivity contribution is -0.384. The Bertz CT molecular complexity index is 1150. The summed E-state index contributed by atoms with van der Waals surface area (Å²) >= 11 is 0. The van der Waals surface area contributed by atoms with E-state index in [0.717, 1.165) is 16.4 Å². The number of hydrogen-bond donors (Lipinski definition) is 0. The average molecular weight is 463 g/mol. The number of amides is 3. The fourth-order valence-corrected chi connectivity index (χ4v) is 4.84. The minimum absolute atomic E-state index is 0.0298. The second-order valence-electron chi connectivity index (χ2n) is 8.98. The monoisotopic (exact) mass is 463 g/mol. The smallest absolute Gasteiger partial charge is 0.273 e. The molecule has 1 saturated heterocycles. The quantitative estimate of drug-likeness (QED) is 0.279. The van der Waals surface area contributed by atoms with Crippen LogP contribution >= 0.6 is 0 Å². The van der Waals surface area contributed by atoms with Gasteiger partial charge in [0.2, 0.25) is 0 Å². The number of hydrogen-bond acceptors (Lipinski definition) is 6. The van der Waals surface area contributed by atoms with E-state index < -0.39 is 46.3 Å². The molecule has 4 rings (SSSR count). The standard InChI is InChI=1S/C25H25N3O6/c1-15-8-13-20-21(14-15)25(32)27(24(20)31)26(16(2)22(29)17-6-4-3-5-7-17)23(30)18-9-11-19(12-10-18)28(33)34/h3-7,9-12,15-16,20-21H,8,13-14H2,1-2H3/t15-,16-,20+,21-/m1/s1. The van der Waals surface area contributed by atoms with Crippen molar-refractivity contribution in [1.82, 2.24) is 10.0 Å². The Morgan fingerprint density at radius 1 is 0.971 bits per heavy atom. The Morgan fingerprint density at radius 2 is 1.59 bits per heavy atom. The van der Waals surface area contributed by atoms with Crippen molar-refractivity contribution < 1.29 is 24.1 Å². The average Bonchev–Trinajstić information content (AvgIpc) is 3.08. The molecule has 176 valence electrons. The van der Waals surface area contributed by atoms with Crippen LogP contribution < -0.4 is 0 Å². The largest absolute Gasteiger partial charge is 0.292 e. The minimum atomic E-state index is -1.16. The summed E-state index contributed by atoms with van der Waals surface area (Å²) in [7, 11) is 0. The Morgan fingerprint density at radius 3 is 2.21 bits per heavy atom. The van der Waals surface area contributed by atoms with Crippen LogP contribution in [0, 0.1) is 27.9 Å². The first-order valence-corrected chi connectivity index (χ1v) is 11.3. The summed E-state index contributed by atoms with van der Waals surface area (Å²) in [5.74, 6) is -2.91. The third-order valence-corrected chi connectivity index (χ3v) is 6.72. The number of hydrazine groups is 1. The van der Waals surface area contributed by atoms with Crippen molar-refractivity contribution in [2.75, 3.05) is 0 Å². The molecule has 2 aromatic rings. The van der Waals surface area contributed by atoms with Gasteiger partial charge in [-0.25, -0.2) is 5.01 Å². The zero-order valence-electron chi connectivity index (χ0n) is 18.9. The van der Waals surface area contributed by atoms with Crippen LogP contribution in [0.1, 0.15) is 53.8 Å². The van der Waals surface area contributed by atoms with E-state index >= 15 is 0 Å². The zero-order valence-corrected chi connectivity index (χ0v) is 18.9. The first-order chi connectivity index (χ1) is 16.2. The van der Waals surface area contributed by atoms with Crippen LogP contribution in [0.25, 0.3) is 0 Å². The van der Waals surface area contributed by atoms with Gasteiger partial charge in [0.05, 0.1) is 16.8 Å².